The number of aliphatic hydroxyl groups is 3. The molecule has 5 heteroatoms. The molecule has 0 aliphatic carbocycles. The molecule has 2 atom stereocenters. The predicted octanol–water partition coefficient (Wildman–Crippen LogP) is 0.822. The molecule has 0 heterocycles. The van der Waals surface area contributed by atoms with Gasteiger partial charge in [-0.2, -0.15) is 0 Å². The summed E-state index contributed by atoms with van der Waals surface area (Å²) in [6.07, 6.45) is -2.29. The van der Waals surface area contributed by atoms with E-state index in [-0.39, 0.29) is 24.3 Å². The Morgan fingerprint density at radius 1 is 1.27 bits per heavy atom. The van der Waals surface area contributed by atoms with Crippen LogP contribution in [0, 0.1) is 0 Å². The summed E-state index contributed by atoms with van der Waals surface area (Å²) in [7, 11) is 0. The Bertz CT molecular complexity index is 329. The molecule has 0 amide bonds. The summed E-state index contributed by atoms with van der Waals surface area (Å²) in [5.41, 5.74) is 0.195. The van der Waals surface area contributed by atoms with Crippen molar-refractivity contribution in [1.82, 2.24) is 0 Å². The van der Waals surface area contributed by atoms with E-state index in [2.05, 4.69) is 0 Å². The summed E-state index contributed by atoms with van der Waals surface area (Å²) in [5.74, 6) is -0.174. The van der Waals surface area contributed by atoms with E-state index in [0.29, 0.717) is 5.02 Å². The van der Waals surface area contributed by atoms with Gasteiger partial charge in [0.15, 0.2) is 0 Å². The first-order valence-electron chi connectivity index (χ1n) is 4.51. The molecule has 1 rings (SSSR count). The Balaban J connectivity index is 2.86. The van der Waals surface area contributed by atoms with Crippen LogP contribution in [-0.2, 0) is 0 Å². The Hall–Kier alpha value is -0.810. The van der Waals surface area contributed by atoms with Crippen molar-refractivity contribution in [3.63, 3.8) is 0 Å². The predicted molar refractivity (Wildman–Crippen MR) is 55.8 cm³/mol. The van der Waals surface area contributed by atoms with E-state index < -0.39 is 12.2 Å². The molecule has 0 aromatic heterocycles. The van der Waals surface area contributed by atoms with Gasteiger partial charge in [0, 0.05) is 17.2 Å². The van der Waals surface area contributed by atoms with Crippen molar-refractivity contribution in [3.05, 3.63) is 28.8 Å². The molecular weight excluding hydrogens is 220 g/mol. The zero-order valence-corrected chi connectivity index (χ0v) is 8.72. The summed E-state index contributed by atoms with van der Waals surface area (Å²) in [6, 6.07) is 4.22. The SMILES string of the molecule is OCCC(O)C(O)c1ccc(Cl)cc1O. The van der Waals surface area contributed by atoms with Crippen LogP contribution in [0.15, 0.2) is 18.2 Å². The zero-order valence-electron chi connectivity index (χ0n) is 7.97. The fourth-order valence-corrected chi connectivity index (χ4v) is 1.43. The van der Waals surface area contributed by atoms with Crippen molar-refractivity contribution >= 4 is 11.6 Å². The van der Waals surface area contributed by atoms with E-state index in [4.69, 9.17) is 16.7 Å². The summed E-state index contributed by atoms with van der Waals surface area (Å²) in [5, 5.41) is 37.4. The molecule has 2 unspecified atom stereocenters. The second-order valence-electron chi connectivity index (χ2n) is 3.23. The smallest absolute Gasteiger partial charge is 0.122 e. The maximum absolute atomic E-state index is 9.63. The number of rotatable bonds is 4. The Labute approximate surface area is 92.4 Å². The lowest BCUT2D eigenvalue weighted by Gasteiger charge is -2.18. The molecule has 0 saturated carbocycles. The van der Waals surface area contributed by atoms with Gasteiger partial charge in [0.05, 0.1) is 6.10 Å². The van der Waals surface area contributed by atoms with Crippen molar-refractivity contribution in [2.75, 3.05) is 6.61 Å². The van der Waals surface area contributed by atoms with Crippen molar-refractivity contribution < 1.29 is 20.4 Å². The number of halogens is 1. The zero-order chi connectivity index (χ0) is 11.4. The highest BCUT2D eigenvalue weighted by molar-refractivity contribution is 6.30. The molecule has 1 aromatic rings. The van der Waals surface area contributed by atoms with Crippen LogP contribution >= 0.6 is 11.6 Å². The number of aromatic hydroxyl groups is 1. The minimum Gasteiger partial charge on any atom is -0.508 e. The van der Waals surface area contributed by atoms with Gasteiger partial charge >= 0.3 is 0 Å². The lowest BCUT2D eigenvalue weighted by atomic mass is 10.0. The summed E-state index contributed by atoms with van der Waals surface area (Å²) < 4.78 is 0. The fourth-order valence-electron chi connectivity index (χ4n) is 1.26. The van der Waals surface area contributed by atoms with Gasteiger partial charge in [0.2, 0.25) is 0 Å². The summed E-state index contributed by atoms with van der Waals surface area (Å²) in [6.45, 7) is -0.230. The van der Waals surface area contributed by atoms with Crippen molar-refractivity contribution in [3.8, 4) is 5.75 Å². The highest BCUT2D eigenvalue weighted by Gasteiger charge is 2.20. The molecule has 84 valence electrons. The molecule has 0 radical (unpaired) electrons. The topological polar surface area (TPSA) is 80.9 Å². The second kappa shape index (κ2) is 5.32. The molecule has 0 aliphatic heterocycles. The molecule has 0 spiro atoms. The molecule has 4 N–H and O–H groups in total. The lowest BCUT2D eigenvalue weighted by Crippen LogP contribution is -2.19. The minimum absolute atomic E-state index is 0.0449. The molecule has 0 saturated heterocycles. The monoisotopic (exact) mass is 232 g/mol. The molecule has 0 bridgehead atoms. The Morgan fingerprint density at radius 2 is 1.93 bits per heavy atom. The maximum Gasteiger partial charge on any atom is 0.122 e. The molecule has 0 fully saturated rings. The molecule has 1 aromatic carbocycles. The van der Waals surface area contributed by atoms with Gasteiger partial charge in [-0.25, -0.2) is 0 Å². The van der Waals surface area contributed by atoms with Gasteiger partial charge in [-0.1, -0.05) is 17.7 Å². The minimum atomic E-state index is -1.23. The third-order valence-electron chi connectivity index (χ3n) is 2.10. The second-order valence-corrected chi connectivity index (χ2v) is 3.66. The molecule has 0 aliphatic rings. The summed E-state index contributed by atoms with van der Waals surface area (Å²) in [4.78, 5) is 0. The first-order valence-corrected chi connectivity index (χ1v) is 4.89. The fraction of sp³-hybridized carbons (Fsp3) is 0.400. The first kappa shape index (κ1) is 12.3. The Kier molecular flexibility index (Phi) is 4.35. The largest absolute Gasteiger partial charge is 0.508 e. The van der Waals surface area contributed by atoms with Crippen LogP contribution in [0.5, 0.6) is 5.75 Å². The maximum atomic E-state index is 9.63. The first-order chi connectivity index (χ1) is 7.06. The summed E-state index contributed by atoms with van der Waals surface area (Å²) >= 11 is 5.62. The third-order valence-corrected chi connectivity index (χ3v) is 2.34. The van der Waals surface area contributed by atoms with Crippen LogP contribution in [-0.4, -0.2) is 33.1 Å². The van der Waals surface area contributed by atoms with Crippen LogP contribution in [0.3, 0.4) is 0 Å². The van der Waals surface area contributed by atoms with Crippen LogP contribution in [0.1, 0.15) is 18.1 Å². The van der Waals surface area contributed by atoms with E-state index in [1.807, 2.05) is 0 Å². The standard InChI is InChI=1S/C10H13ClO4/c11-6-1-2-7(9(14)5-6)10(15)8(13)3-4-12/h1-2,5,8,10,12-15H,3-4H2. The average Bonchev–Trinajstić information content (AvgIpc) is 2.17. The van der Waals surface area contributed by atoms with Crippen LogP contribution in [0.2, 0.25) is 5.02 Å². The van der Waals surface area contributed by atoms with Crippen LogP contribution in [0.25, 0.3) is 0 Å². The third kappa shape index (κ3) is 3.07. The van der Waals surface area contributed by atoms with Gasteiger partial charge in [0.1, 0.15) is 11.9 Å². The average molecular weight is 233 g/mol. The number of phenolic OH excluding ortho intramolecular Hbond substituents is 1. The van der Waals surface area contributed by atoms with E-state index in [0.717, 1.165) is 0 Å². The Morgan fingerprint density at radius 3 is 2.47 bits per heavy atom. The molecular formula is C10H13ClO4. The quantitative estimate of drug-likeness (QED) is 0.620. The van der Waals surface area contributed by atoms with Crippen molar-refractivity contribution in [2.24, 2.45) is 0 Å². The highest BCUT2D eigenvalue weighted by Crippen LogP contribution is 2.29. The number of aliphatic hydroxyl groups excluding tert-OH is 3. The van der Waals surface area contributed by atoms with Gasteiger partial charge in [-0.05, 0) is 18.6 Å². The lowest BCUT2D eigenvalue weighted by molar-refractivity contribution is 0.00305. The number of hydrogen-bond donors (Lipinski definition) is 4. The van der Waals surface area contributed by atoms with Crippen molar-refractivity contribution in [1.29, 1.82) is 0 Å². The van der Waals surface area contributed by atoms with E-state index in [1.165, 1.54) is 18.2 Å². The highest BCUT2D eigenvalue weighted by atomic mass is 35.5. The van der Waals surface area contributed by atoms with Crippen LogP contribution in [0.4, 0.5) is 0 Å². The van der Waals surface area contributed by atoms with Crippen LogP contribution < -0.4 is 0 Å². The number of phenols is 1. The van der Waals surface area contributed by atoms with Gasteiger partial charge in [-0.15, -0.1) is 0 Å². The van der Waals surface area contributed by atoms with Gasteiger partial charge in [-0.3, -0.25) is 0 Å². The van der Waals surface area contributed by atoms with E-state index >= 15 is 0 Å². The number of hydrogen-bond acceptors (Lipinski definition) is 4. The van der Waals surface area contributed by atoms with Gasteiger partial charge < -0.3 is 20.4 Å². The van der Waals surface area contributed by atoms with E-state index in [1.54, 1.807) is 0 Å². The normalized spacial score (nSPS) is 14.9. The van der Waals surface area contributed by atoms with Crippen molar-refractivity contribution in [2.45, 2.75) is 18.6 Å². The van der Waals surface area contributed by atoms with E-state index in [9.17, 15) is 15.3 Å². The number of benzene rings is 1. The van der Waals surface area contributed by atoms with Gasteiger partial charge in [0.25, 0.3) is 0 Å². The molecule has 4 nitrogen and oxygen atoms in total. The molecule has 15 heavy (non-hydrogen) atoms.